The van der Waals surface area contributed by atoms with Crippen LogP contribution in [0.2, 0.25) is 0 Å². The maximum atomic E-state index is 14.8. The van der Waals surface area contributed by atoms with Gasteiger partial charge in [-0.15, -0.1) is 0 Å². The summed E-state index contributed by atoms with van der Waals surface area (Å²) in [5.41, 5.74) is -7.00. The Hall–Kier alpha value is -2.87. The average molecular weight is 629 g/mol. The second-order valence-corrected chi connectivity index (χ2v) is 14.6. The quantitative estimate of drug-likeness (QED) is 0.0888. The van der Waals surface area contributed by atoms with Crippen molar-refractivity contribution in [3.8, 4) is 0 Å². The molecule has 8 nitrogen and oxygen atoms in total. The fourth-order valence-electron chi connectivity index (χ4n) is 5.94. The first kappa shape index (κ1) is 38.3. The number of carbonyl (C=O) groups is 5. The Morgan fingerprint density at radius 2 is 1.44 bits per heavy atom. The number of esters is 2. The van der Waals surface area contributed by atoms with Gasteiger partial charge in [-0.2, -0.15) is 0 Å². The lowest BCUT2D eigenvalue weighted by Crippen LogP contribution is -2.67. The number of Topliss-reactive ketones (excluding diaryl/α,β-unsaturated/α-hetero) is 2. The third-order valence-electron chi connectivity index (χ3n) is 9.20. The third-order valence-corrected chi connectivity index (χ3v) is 9.20. The molecule has 252 valence electrons. The number of rotatable bonds is 19. The van der Waals surface area contributed by atoms with Crippen LogP contribution < -0.4 is 0 Å². The van der Waals surface area contributed by atoms with Crippen molar-refractivity contribution in [3.05, 3.63) is 35.9 Å². The van der Waals surface area contributed by atoms with E-state index in [9.17, 15) is 24.0 Å². The van der Waals surface area contributed by atoms with Gasteiger partial charge in [0.15, 0.2) is 11.6 Å². The van der Waals surface area contributed by atoms with E-state index in [-0.39, 0.29) is 30.7 Å². The van der Waals surface area contributed by atoms with Gasteiger partial charge in [-0.25, -0.2) is 4.79 Å². The van der Waals surface area contributed by atoms with Crippen molar-refractivity contribution < 1.29 is 38.2 Å². The van der Waals surface area contributed by atoms with Gasteiger partial charge in [0.05, 0.1) is 34.3 Å². The smallest absolute Gasteiger partial charge is 0.339 e. The Morgan fingerprint density at radius 1 is 0.867 bits per heavy atom. The van der Waals surface area contributed by atoms with Crippen molar-refractivity contribution in [1.29, 1.82) is 0 Å². The molecule has 0 amide bonds. The van der Waals surface area contributed by atoms with Crippen molar-refractivity contribution in [1.82, 2.24) is 0 Å². The highest BCUT2D eigenvalue weighted by atomic mass is 16.6. The van der Waals surface area contributed by atoms with E-state index in [4.69, 9.17) is 14.2 Å². The summed E-state index contributed by atoms with van der Waals surface area (Å²) in [4.78, 5) is 68.9. The Morgan fingerprint density at radius 3 is 1.98 bits per heavy atom. The van der Waals surface area contributed by atoms with Gasteiger partial charge in [0.1, 0.15) is 12.9 Å². The van der Waals surface area contributed by atoms with Crippen LogP contribution in [0.5, 0.6) is 0 Å². The molecule has 0 bridgehead atoms. The number of benzene rings is 1. The van der Waals surface area contributed by atoms with Crippen molar-refractivity contribution >= 4 is 29.8 Å². The predicted octanol–water partition coefficient (Wildman–Crippen LogP) is 7.35. The van der Waals surface area contributed by atoms with Crippen molar-refractivity contribution in [2.45, 2.75) is 119 Å². The lowest BCUT2D eigenvalue weighted by Gasteiger charge is -2.46. The van der Waals surface area contributed by atoms with Gasteiger partial charge in [-0.1, -0.05) is 84.4 Å². The molecular weight excluding hydrogens is 572 g/mol. The van der Waals surface area contributed by atoms with Gasteiger partial charge in [0.25, 0.3) is 0 Å². The Kier molecular flexibility index (Phi) is 14.2. The molecule has 1 fully saturated rings. The summed E-state index contributed by atoms with van der Waals surface area (Å²) in [6, 6.07) is 8.04. The Bertz CT molecular complexity index is 1150. The molecule has 8 heteroatoms. The molecule has 0 heterocycles. The maximum absolute atomic E-state index is 14.8. The van der Waals surface area contributed by atoms with E-state index in [1.807, 2.05) is 0 Å². The van der Waals surface area contributed by atoms with Crippen molar-refractivity contribution in [2.24, 2.45) is 28.1 Å². The van der Waals surface area contributed by atoms with Crippen LogP contribution in [0.3, 0.4) is 0 Å². The molecule has 1 aliphatic rings. The molecule has 0 N–H and O–H groups in total. The summed E-state index contributed by atoms with van der Waals surface area (Å²) in [6.07, 6.45) is 8.98. The molecule has 2 atom stereocenters. The number of unbranched alkanes of at least 4 members (excludes halogenated alkanes) is 1. The number of hydrogen-bond acceptors (Lipinski definition) is 8. The number of ketones is 2. The molecule has 0 aromatic heterocycles. The lowest BCUT2D eigenvalue weighted by molar-refractivity contribution is -0.181. The zero-order valence-electron chi connectivity index (χ0n) is 28.9. The van der Waals surface area contributed by atoms with Gasteiger partial charge in [-0.3, -0.25) is 14.4 Å². The second kappa shape index (κ2) is 16.6. The van der Waals surface area contributed by atoms with E-state index < -0.39 is 39.4 Å². The standard InChI is InChI=1S/C37H56O8/c1-9-11-18-27(10-2)23-43-25-34(3,4)32(41)37(36(7,8)24-38,45-31(40)29-21-16-13-17-22-29)33(42)35(5,6)26-44-30(39)28-19-14-12-15-20-28/h13,16-17,21-22,24,27-28H,9-12,14-15,18-20,23,25-26H2,1-8H3. The van der Waals surface area contributed by atoms with E-state index in [0.29, 0.717) is 18.8 Å². The van der Waals surface area contributed by atoms with Crippen LogP contribution in [-0.2, 0) is 33.4 Å². The number of ether oxygens (including phenoxy) is 3. The fraction of sp³-hybridized carbons (Fsp3) is 0.703. The van der Waals surface area contributed by atoms with Gasteiger partial charge in [0, 0.05) is 6.61 Å². The first-order chi connectivity index (χ1) is 21.1. The molecule has 1 aliphatic carbocycles. The fourth-order valence-corrected chi connectivity index (χ4v) is 5.94. The first-order valence-corrected chi connectivity index (χ1v) is 16.7. The lowest BCUT2D eigenvalue weighted by atomic mass is 9.60. The van der Waals surface area contributed by atoms with Crippen molar-refractivity contribution in [2.75, 3.05) is 19.8 Å². The van der Waals surface area contributed by atoms with Crippen LogP contribution in [0.1, 0.15) is 124 Å². The highest BCUT2D eigenvalue weighted by molar-refractivity contribution is 6.18. The normalized spacial score (nSPS) is 16.7. The van der Waals surface area contributed by atoms with Crippen LogP contribution in [0.25, 0.3) is 0 Å². The van der Waals surface area contributed by atoms with E-state index in [0.717, 1.165) is 57.8 Å². The highest BCUT2D eigenvalue weighted by Crippen LogP contribution is 2.45. The topological polar surface area (TPSA) is 113 Å². The average Bonchev–Trinajstić information content (AvgIpc) is 3.03. The van der Waals surface area contributed by atoms with Gasteiger partial charge >= 0.3 is 11.9 Å². The molecule has 1 aromatic carbocycles. The minimum absolute atomic E-state index is 0.0432. The predicted molar refractivity (Wildman–Crippen MR) is 174 cm³/mol. The highest BCUT2D eigenvalue weighted by Gasteiger charge is 2.66. The minimum atomic E-state index is -2.54. The molecule has 1 saturated carbocycles. The Balaban J connectivity index is 2.53. The number of carbonyl (C=O) groups excluding carboxylic acids is 5. The van der Waals surface area contributed by atoms with Gasteiger partial charge in [0.2, 0.25) is 5.60 Å². The molecule has 45 heavy (non-hydrogen) atoms. The van der Waals surface area contributed by atoms with Crippen LogP contribution in [0, 0.1) is 28.1 Å². The molecule has 1 aromatic rings. The molecule has 0 spiro atoms. The zero-order chi connectivity index (χ0) is 33.9. The van der Waals surface area contributed by atoms with Crippen LogP contribution in [0.4, 0.5) is 0 Å². The van der Waals surface area contributed by atoms with Crippen LogP contribution in [-0.4, -0.2) is 55.2 Å². The van der Waals surface area contributed by atoms with Crippen molar-refractivity contribution in [3.63, 3.8) is 0 Å². The largest absolute Gasteiger partial charge is 0.464 e. The summed E-state index contributed by atoms with van der Waals surface area (Å²) in [5, 5.41) is 0. The summed E-state index contributed by atoms with van der Waals surface area (Å²) in [5.74, 6) is -2.76. The van der Waals surface area contributed by atoms with E-state index in [2.05, 4.69) is 13.8 Å². The third kappa shape index (κ3) is 9.57. The molecule has 0 radical (unpaired) electrons. The number of hydrogen-bond donors (Lipinski definition) is 0. The zero-order valence-corrected chi connectivity index (χ0v) is 28.9. The molecule has 2 rings (SSSR count). The summed E-state index contributed by atoms with van der Waals surface area (Å²) >= 11 is 0. The Labute approximate surface area is 270 Å². The van der Waals surface area contributed by atoms with E-state index in [1.165, 1.54) is 26.0 Å². The van der Waals surface area contributed by atoms with Crippen LogP contribution in [0.15, 0.2) is 30.3 Å². The van der Waals surface area contributed by atoms with Gasteiger partial charge < -0.3 is 19.0 Å². The van der Waals surface area contributed by atoms with E-state index >= 15 is 0 Å². The van der Waals surface area contributed by atoms with E-state index in [1.54, 1.807) is 45.9 Å². The molecule has 0 aliphatic heterocycles. The first-order valence-electron chi connectivity index (χ1n) is 16.7. The van der Waals surface area contributed by atoms with Crippen LogP contribution >= 0.6 is 0 Å². The molecule has 0 saturated heterocycles. The SMILES string of the molecule is CCCCC(CC)COCC(C)(C)C(=O)C(OC(=O)c1ccccc1)(C(=O)C(C)(C)COC(=O)C1CCCCC1)C(C)(C)C=O. The van der Waals surface area contributed by atoms with Gasteiger partial charge in [-0.05, 0) is 65.0 Å². The molecular formula is C37H56O8. The monoisotopic (exact) mass is 628 g/mol. The summed E-state index contributed by atoms with van der Waals surface area (Å²) in [6.45, 7) is 13.5. The maximum Gasteiger partial charge on any atom is 0.339 e. The summed E-state index contributed by atoms with van der Waals surface area (Å²) in [7, 11) is 0. The summed E-state index contributed by atoms with van der Waals surface area (Å²) < 4.78 is 17.8. The minimum Gasteiger partial charge on any atom is -0.464 e. The number of aldehydes is 1. The molecule has 2 unspecified atom stereocenters. The second-order valence-electron chi connectivity index (χ2n) is 14.6.